The van der Waals surface area contributed by atoms with Crippen LogP contribution in [0.2, 0.25) is 0 Å². The van der Waals surface area contributed by atoms with Gasteiger partial charge in [-0.3, -0.25) is 9.59 Å². The summed E-state index contributed by atoms with van der Waals surface area (Å²) in [4.78, 5) is 22.9. The summed E-state index contributed by atoms with van der Waals surface area (Å²) >= 11 is 0. The summed E-state index contributed by atoms with van der Waals surface area (Å²) in [7, 11) is 0. The van der Waals surface area contributed by atoms with E-state index >= 15 is 0 Å². The van der Waals surface area contributed by atoms with Crippen LogP contribution in [0.25, 0.3) is 6.08 Å². The van der Waals surface area contributed by atoms with Crippen LogP contribution in [0, 0.1) is 0 Å². The number of aromatic hydroxyl groups is 1. The van der Waals surface area contributed by atoms with Gasteiger partial charge in [0.2, 0.25) is 5.91 Å². The number of hydrogen-bond donors (Lipinski definition) is 3. The molecule has 0 radical (unpaired) electrons. The molecule has 0 saturated heterocycles. The van der Waals surface area contributed by atoms with Crippen molar-refractivity contribution in [3.05, 3.63) is 70.7 Å². The molecule has 2 rings (SSSR count). The van der Waals surface area contributed by atoms with E-state index < -0.39 is 11.5 Å². The summed E-state index contributed by atoms with van der Waals surface area (Å²) in [5.41, 5.74) is 5.44. The second kappa shape index (κ2) is 9.61. The molecule has 0 aliphatic carbocycles. The second-order valence-corrected chi connectivity index (χ2v) is 3.53. The van der Waals surface area contributed by atoms with Crippen LogP contribution in [-0.2, 0) is 21.9 Å². The van der Waals surface area contributed by atoms with Crippen LogP contribution in [0.15, 0.2) is 59.5 Å². The molecule has 2 aromatic rings. The average Bonchev–Trinajstić information content (AvgIpc) is 2.42. The van der Waals surface area contributed by atoms with Crippen molar-refractivity contribution in [3.8, 4) is 5.75 Å². The van der Waals surface area contributed by atoms with Crippen molar-refractivity contribution in [3.63, 3.8) is 0 Å². The van der Waals surface area contributed by atoms with Gasteiger partial charge in [-0.25, -0.2) is 0 Å². The van der Waals surface area contributed by atoms with E-state index in [-0.39, 0.29) is 22.8 Å². The molecule has 6 heteroatoms. The fraction of sp³-hybridized carbons (Fsp3) is 0. The Balaban J connectivity index is 0.000000359. The molecule has 0 unspecified atom stereocenters. The molecule has 0 atom stereocenters. The minimum Gasteiger partial charge on any atom is -0.503 e. The Kier molecular flexibility index (Phi) is 8.50. The first-order valence-corrected chi connectivity index (χ1v) is 5.49. The van der Waals surface area contributed by atoms with Gasteiger partial charge in [0.1, 0.15) is 0 Å². The monoisotopic (exact) mass is 314 g/mol. The number of pyridine rings is 1. The number of benzene rings is 1. The van der Waals surface area contributed by atoms with Crippen molar-refractivity contribution in [1.29, 1.82) is 0 Å². The van der Waals surface area contributed by atoms with Crippen LogP contribution in [0.4, 0.5) is 0 Å². The van der Waals surface area contributed by atoms with E-state index in [1.54, 1.807) is 12.1 Å². The van der Waals surface area contributed by atoms with Crippen molar-refractivity contribution in [1.82, 2.24) is 4.98 Å². The van der Waals surface area contributed by atoms with Gasteiger partial charge in [0.05, 0.1) is 0 Å². The summed E-state index contributed by atoms with van der Waals surface area (Å²) in [5.74, 6) is -0.665. The summed E-state index contributed by atoms with van der Waals surface area (Å²) in [6, 6.07) is 12.4. The fourth-order valence-electron chi connectivity index (χ4n) is 1.16. The SMILES string of the molecule is NC(=O)C=Cc1ccccc1.O=c1[nH]cccc1O.[Fe]. The number of hydrogen-bond acceptors (Lipinski definition) is 3. The molecule has 1 aromatic heterocycles. The van der Waals surface area contributed by atoms with E-state index in [9.17, 15) is 9.59 Å². The van der Waals surface area contributed by atoms with Crippen molar-refractivity contribution >= 4 is 12.0 Å². The van der Waals surface area contributed by atoms with Gasteiger partial charge >= 0.3 is 0 Å². The molecule has 0 aliphatic heterocycles. The number of aromatic amines is 1. The Labute approximate surface area is 126 Å². The molecule has 0 aliphatic rings. The zero-order valence-corrected chi connectivity index (χ0v) is 11.6. The fourth-order valence-corrected chi connectivity index (χ4v) is 1.16. The first kappa shape index (κ1) is 17.7. The number of rotatable bonds is 2. The minimum atomic E-state index is -0.451. The molecule has 0 bridgehead atoms. The van der Waals surface area contributed by atoms with E-state index in [4.69, 9.17) is 10.8 Å². The molecule has 0 spiro atoms. The number of H-pyrrole nitrogens is 1. The van der Waals surface area contributed by atoms with Crippen LogP contribution < -0.4 is 11.3 Å². The number of carbonyl (C=O) groups is 1. The zero-order chi connectivity index (χ0) is 14.1. The second-order valence-electron chi connectivity index (χ2n) is 3.53. The van der Waals surface area contributed by atoms with E-state index in [1.807, 2.05) is 30.3 Å². The number of carbonyl (C=O) groups excluding carboxylic acids is 1. The number of primary amides is 1. The predicted molar refractivity (Wildman–Crippen MR) is 73.4 cm³/mol. The Hall–Kier alpha value is -2.30. The third-order valence-corrected chi connectivity index (χ3v) is 2.04. The maximum atomic E-state index is 10.3. The van der Waals surface area contributed by atoms with Crippen molar-refractivity contribution in [2.24, 2.45) is 5.73 Å². The van der Waals surface area contributed by atoms with Gasteiger partial charge in [0.25, 0.3) is 5.56 Å². The number of amides is 1. The van der Waals surface area contributed by atoms with Gasteiger partial charge in [-0.05, 0) is 23.8 Å². The van der Waals surface area contributed by atoms with Crippen LogP contribution >= 0.6 is 0 Å². The van der Waals surface area contributed by atoms with Gasteiger partial charge in [0.15, 0.2) is 5.75 Å². The van der Waals surface area contributed by atoms with Gasteiger partial charge in [-0.15, -0.1) is 0 Å². The molecule has 20 heavy (non-hydrogen) atoms. The molecule has 106 valence electrons. The molecule has 0 saturated carbocycles. The van der Waals surface area contributed by atoms with Crippen LogP contribution in [0.5, 0.6) is 5.75 Å². The van der Waals surface area contributed by atoms with Gasteiger partial charge < -0.3 is 15.8 Å². The Bertz CT molecular complexity index is 609. The summed E-state index contributed by atoms with van der Waals surface area (Å²) in [6.45, 7) is 0. The van der Waals surface area contributed by atoms with Crippen molar-refractivity contribution < 1.29 is 27.0 Å². The standard InChI is InChI=1S/C9H9NO.C5H5NO2.Fe/c10-9(11)7-6-8-4-2-1-3-5-8;7-4-2-1-3-6-5(4)8;/h1-7H,(H2,10,11);1-3,7H,(H,6,8);. The minimum absolute atomic E-state index is 0. The smallest absolute Gasteiger partial charge is 0.290 e. The molecule has 0 fully saturated rings. The third-order valence-electron chi connectivity index (χ3n) is 2.04. The van der Waals surface area contributed by atoms with E-state index in [0.29, 0.717) is 0 Å². The van der Waals surface area contributed by atoms with Crippen molar-refractivity contribution in [2.45, 2.75) is 0 Å². The third kappa shape index (κ3) is 7.20. The number of nitrogens with two attached hydrogens (primary N) is 1. The first-order valence-electron chi connectivity index (χ1n) is 5.49. The molecule has 1 amide bonds. The summed E-state index contributed by atoms with van der Waals surface area (Å²) in [5, 5.41) is 8.58. The van der Waals surface area contributed by atoms with Crippen LogP contribution in [0.3, 0.4) is 0 Å². The van der Waals surface area contributed by atoms with Crippen LogP contribution in [-0.4, -0.2) is 16.0 Å². The molecule has 1 heterocycles. The molecule has 5 nitrogen and oxygen atoms in total. The first-order chi connectivity index (χ1) is 9.09. The Morgan fingerprint density at radius 3 is 2.25 bits per heavy atom. The summed E-state index contributed by atoms with van der Waals surface area (Å²) in [6.07, 6.45) is 4.49. The molecule has 1 aromatic carbocycles. The quantitative estimate of drug-likeness (QED) is 0.575. The largest absolute Gasteiger partial charge is 0.503 e. The number of nitrogens with one attached hydrogen (secondary N) is 1. The predicted octanol–water partition coefficient (Wildman–Crippen LogP) is 1.26. The van der Waals surface area contributed by atoms with Crippen molar-refractivity contribution in [2.75, 3.05) is 0 Å². The molecular formula is C14H14FeN2O3. The topological polar surface area (TPSA) is 96.2 Å². The summed E-state index contributed by atoms with van der Waals surface area (Å²) < 4.78 is 0. The molecule has 4 N–H and O–H groups in total. The van der Waals surface area contributed by atoms with E-state index in [1.165, 1.54) is 18.3 Å². The van der Waals surface area contributed by atoms with Gasteiger partial charge in [-0.2, -0.15) is 0 Å². The zero-order valence-electron chi connectivity index (χ0n) is 10.5. The Morgan fingerprint density at radius 1 is 1.15 bits per heavy atom. The maximum Gasteiger partial charge on any atom is 0.290 e. The van der Waals surface area contributed by atoms with Gasteiger partial charge in [0, 0.05) is 29.3 Å². The Morgan fingerprint density at radius 2 is 1.80 bits per heavy atom. The normalized spacial score (nSPS) is 9.20. The van der Waals surface area contributed by atoms with E-state index in [0.717, 1.165) is 5.56 Å². The average molecular weight is 314 g/mol. The van der Waals surface area contributed by atoms with Gasteiger partial charge in [-0.1, -0.05) is 30.3 Å². The molecular weight excluding hydrogens is 300 g/mol. The maximum absolute atomic E-state index is 10.3. The van der Waals surface area contributed by atoms with E-state index in [2.05, 4.69) is 4.98 Å². The number of aromatic nitrogens is 1. The van der Waals surface area contributed by atoms with Crippen LogP contribution in [0.1, 0.15) is 5.56 Å².